The van der Waals surface area contributed by atoms with Gasteiger partial charge in [0.25, 0.3) is 0 Å². The van der Waals surface area contributed by atoms with Gasteiger partial charge in [-0.05, 0) is 13.3 Å². The first-order chi connectivity index (χ1) is 9.10. The number of ether oxygens (including phenoxy) is 1. The summed E-state index contributed by atoms with van der Waals surface area (Å²) in [6.07, 6.45) is 0.972. The lowest BCUT2D eigenvalue weighted by molar-refractivity contribution is 0.0921. The molecule has 0 amide bonds. The van der Waals surface area contributed by atoms with Crippen molar-refractivity contribution in [3.63, 3.8) is 0 Å². The van der Waals surface area contributed by atoms with Gasteiger partial charge in [-0.15, -0.1) is 0 Å². The number of anilines is 1. The Morgan fingerprint density at radius 3 is 3.00 bits per heavy atom. The van der Waals surface area contributed by atoms with Crippen LogP contribution in [0.4, 0.5) is 5.82 Å². The Balaban J connectivity index is 2.48. The molecule has 0 aromatic carbocycles. The summed E-state index contributed by atoms with van der Waals surface area (Å²) in [4.78, 5) is 2.23. The molecule has 1 saturated heterocycles. The molecule has 7 nitrogen and oxygen atoms in total. The standard InChI is InChI=1S/C12H21N5O2/c1-4-9-7-19-6-5-17(9)12-10(11(13)15-18)8(2)14-16(12)3/h9,18H,4-7H2,1-3H3,(H2,13,15). The smallest absolute Gasteiger partial charge is 0.175 e. The fraction of sp³-hybridized carbons (Fsp3) is 0.667. The molecule has 1 unspecified atom stereocenters. The summed E-state index contributed by atoms with van der Waals surface area (Å²) < 4.78 is 7.30. The lowest BCUT2D eigenvalue weighted by Gasteiger charge is -2.37. The summed E-state index contributed by atoms with van der Waals surface area (Å²) in [6, 6.07) is 0.286. The van der Waals surface area contributed by atoms with Gasteiger partial charge in [-0.2, -0.15) is 5.10 Å². The molecule has 0 aliphatic carbocycles. The lowest BCUT2D eigenvalue weighted by atomic mass is 10.1. The molecule has 1 aromatic heterocycles. The molecule has 19 heavy (non-hydrogen) atoms. The fourth-order valence-corrected chi connectivity index (χ4v) is 2.60. The van der Waals surface area contributed by atoms with E-state index in [-0.39, 0.29) is 11.9 Å². The number of nitrogens with two attached hydrogens (primary N) is 1. The van der Waals surface area contributed by atoms with E-state index in [9.17, 15) is 0 Å². The van der Waals surface area contributed by atoms with Crippen molar-refractivity contribution in [3.8, 4) is 0 Å². The molecule has 1 aliphatic rings. The molecule has 0 radical (unpaired) electrons. The van der Waals surface area contributed by atoms with Crippen molar-refractivity contribution in [3.05, 3.63) is 11.3 Å². The average Bonchev–Trinajstić information content (AvgIpc) is 2.72. The molecule has 7 heteroatoms. The molecule has 1 aromatic rings. The highest BCUT2D eigenvalue weighted by Gasteiger charge is 2.29. The van der Waals surface area contributed by atoms with E-state index in [0.29, 0.717) is 18.8 Å². The number of aromatic nitrogens is 2. The molecule has 0 saturated carbocycles. The molecule has 2 heterocycles. The summed E-state index contributed by atoms with van der Waals surface area (Å²) in [5.74, 6) is 0.991. The maximum absolute atomic E-state index is 8.95. The number of morpholine rings is 1. The van der Waals surface area contributed by atoms with Crippen LogP contribution in [0.5, 0.6) is 0 Å². The second-order valence-corrected chi connectivity index (χ2v) is 4.72. The third kappa shape index (κ3) is 2.37. The number of aryl methyl sites for hydroxylation is 2. The normalized spacial score (nSPS) is 20.9. The minimum absolute atomic E-state index is 0.0990. The van der Waals surface area contributed by atoms with Crippen LogP contribution in [-0.2, 0) is 11.8 Å². The van der Waals surface area contributed by atoms with E-state index in [2.05, 4.69) is 22.1 Å². The first-order valence-electron chi connectivity index (χ1n) is 6.46. The Morgan fingerprint density at radius 1 is 1.63 bits per heavy atom. The monoisotopic (exact) mass is 267 g/mol. The molecule has 0 bridgehead atoms. The van der Waals surface area contributed by atoms with Gasteiger partial charge in [0.2, 0.25) is 0 Å². The Morgan fingerprint density at radius 2 is 2.37 bits per heavy atom. The van der Waals surface area contributed by atoms with Crippen molar-refractivity contribution in [1.82, 2.24) is 9.78 Å². The Labute approximate surface area is 112 Å². The van der Waals surface area contributed by atoms with E-state index >= 15 is 0 Å². The zero-order valence-corrected chi connectivity index (χ0v) is 11.6. The molecule has 3 N–H and O–H groups in total. The van der Waals surface area contributed by atoms with E-state index in [1.54, 1.807) is 4.68 Å². The summed E-state index contributed by atoms with van der Waals surface area (Å²) >= 11 is 0. The highest BCUT2D eigenvalue weighted by atomic mass is 16.5. The van der Waals surface area contributed by atoms with Crippen molar-refractivity contribution in [2.24, 2.45) is 17.9 Å². The van der Waals surface area contributed by atoms with E-state index < -0.39 is 0 Å². The van der Waals surface area contributed by atoms with Crippen molar-refractivity contribution in [2.75, 3.05) is 24.7 Å². The molecule has 1 fully saturated rings. The number of amidine groups is 1. The Bertz CT molecular complexity index is 483. The molecule has 106 valence electrons. The van der Waals surface area contributed by atoms with Gasteiger partial charge in [-0.3, -0.25) is 4.68 Å². The summed E-state index contributed by atoms with van der Waals surface area (Å²) in [5.41, 5.74) is 7.25. The minimum atomic E-state index is 0.0990. The highest BCUT2D eigenvalue weighted by molar-refractivity contribution is 6.02. The van der Waals surface area contributed by atoms with Crippen molar-refractivity contribution in [2.45, 2.75) is 26.3 Å². The largest absolute Gasteiger partial charge is 0.409 e. The first kappa shape index (κ1) is 13.7. The summed E-state index contributed by atoms with van der Waals surface area (Å²) in [5, 5.41) is 16.5. The van der Waals surface area contributed by atoms with Gasteiger partial charge in [-0.25, -0.2) is 0 Å². The summed E-state index contributed by atoms with van der Waals surface area (Å²) in [7, 11) is 1.87. The van der Waals surface area contributed by atoms with Crippen molar-refractivity contribution < 1.29 is 9.94 Å². The topological polar surface area (TPSA) is 88.9 Å². The SMILES string of the molecule is CCC1COCCN1c1c(C(N)=NO)c(C)nn1C. The Hall–Kier alpha value is -1.76. The zero-order valence-electron chi connectivity index (χ0n) is 11.6. The van der Waals surface area contributed by atoms with Crippen molar-refractivity contribution >= 4 is 11.7 Å². The van der Waals surface area contributed by atoms with Gasteiger partial charge in [0.15, 0.2) is 5.84 Å². The predicted octanol–water partition coefficient (Wildman–Crippen LogP) is 0.438. The summed E-state index contributed by atoms with van der Waals surface area (Å²) in [6.45, 7) is 6.13. The lowest BCUT2D eigenvalue weighted by Crippen LogP contribution is -2.46. The van der Waals surface area contributed by atoms with E-state index in [4.69, 9.17) is 15.7 Å². The molecule has 0 spiro atoms. The third-order valence-electron chi connectivity index (χ3n) is 3.53. The number of hydrogen-bond acceptors (Lipinski definition) is 5. The first-order valence-corrected chi connectivity index (χ1v) is 6.46. The van der Waals surface area contributed by atoms with Crippen LogP contribution in [0.3, 0.4) is 0 Å². The van der Waals surface area contributed by atoms with Crippen LogP contribution < -0.4 is 10.6 Å². The van der Waals surface area contributed by atoms with Gasteiger partial charge in [0, 0.05) is 13.6 Å². The van der Waals surface area contributed by atoms with Gasteiger partial charge >= 0.3 is 0 Å². The number of rotatable bonds is 3. The van der Waals surface area contributed by atoms with Gasteiger partial charge in [0.1, 0.15) is 5.82 Å². The van der Waals surface area contributed by atoms with Gasteiger partial charge in [-0.1, -0.05) is 12.1 Å². The van der Waals surface area contributed by atoms with E-state index in [1.165, 1.54) is 0 Å². The number of nitrogens with zero attached hydrogens (tertiary/aromatic N) is 4. The molecule has 1 atom stereocenters. The number of oxime groups is 1. The fourth-order valence-electron chi connectivity index (χ4n) is 2.60. The molecular weight excluding hydrogens is 246 g/mol. The molecule has 2 rings (SSSR count). The van der Waals surface area contributed by atoms with Crippen LogP contribution in [0.1, 0.15) is 24.6 Å². The van der Waals surface area contributed by atoms with Crippen LogP contribution in [-0.4, -0.2) is 46.6 Å². The quantitative estimate of drug-likeness (QED) is 0.359. The highest BCUT2D eigenvalue weighted by Crippen LogP contribution is 2.27. The van der Waals surface area contributed by atoms with Crippen LogP contribution in [0.15, 0.2) is 5.16 Å². The van der Waals surface area contributed by atoms with Crippen LogP contribution in [0, 0.1) is 6.92 Å². The van der Waals surface area contributed by atoms with E-state index in [1.807, 2.05) is 14.0 Å². The molecule has 1 aliphatic heterocycles. The number of hydrogen-bond donors (Lipinski definition) is 2. The van der Waals surface area contributed by atoms with Crippen LogP contribution >= 0.6 is 0 Å². The van der Waals surface area contributed by atoms with Gasteiger partial charge in [0.05, 0.1) is 30.5 Å². The second kappa shape index (κ2) is 5.48. The van der Waals surface area contributed by atoms with Crippen LogP contribution in [0.25, 0.3) is 0 Å². The zero-order chi connectivity index (χ0) is 14.0. The minimum Gasteiger partial charge on any atom is -0.409 e. The Kier molecular flexibility index (Phi) is 3.94. The predicted molar refractivity (Wildman–Crippen MR) is 72.7 cm³/mol. The second-order valence-electron chi connectivity index (χ2n) is 4.72. The van der Waals surface area contributed by atoms with Gasteiger partial charge < -0.3 is 20.6 Å². The van der Waals surface area contributed by atoms with E-state index in [0.717, 1.165) is 24.5 Å². The third-order valence-corrected chi connectivity index (χ3v) is 3.53. The average molecular weight is 267 g/mol. The molecular formula is C12H21N5O2. The maximum Gasteiger partial charge on any atom is 0.175 e. The van der Waals surface area contributed by atoms with Crippen LogP contribution in [0.2, 0.25) is 0 Å². The van der Waals surface area contributed by atoms with Crippen molar-refractivity contribution in [1.29, 1.82) is 0 Å². The maximum atomic E-state index is 8.95.